The summed E-state index contributed by atoms with van der Waals surface area (Å²) in [6, 6.07) is 0.907. The molecule has 1 nitrogen and oxygen atoms in total. The zero-order valence-electron chi connectivity index (χ0n) is 10.4. The maximum absolute atomic E-state index is 4.04. The minimum atomic E-state index is -1.07. The maximum Gasteiger partial charge on any atom is 0.116 e. The van der Waals surface area contributed by atoms with Gasteiger partial charge in [-0.3, -0.25) is 0 Å². The molecule has 4 rings (SSSR count). The average molecular weight is 223 g/mol. The molecule has 4 aliphatic rings. The Balaban J connectivity index is 1.75. The highest BCUT2D eigenvalue weighted by Crippen LogP contribution is 2.53. The van der Waals surface area contributed by atoms with Crippen molar-refractivity contribution >= 4 is 8.24 Å². The van der Waals surface area contributed by atoms with E-state index in [4.69, 9.17) is 0 Å². The molecular formula is C13H25NSi. The molecule has 4 fully saturated rings. The Morgan fingerprint density at radius 1 is 0.800 bits per heavy atom. The summed E-state index contributed by atoms with van der Waals surface area (Å²) >= 11 is 0. The lowest BCUT2D eigenvalue weighted by molar-refractivity contribution is -0.00657. The van der Waals surface area contributed by atoms with E-state index in [-0.39, 0.29) is 0 Å². The summed E-state index contributed by atoms with van der Waals surface area (Å²) in [5.74, 6) is 4.33. The van der Waals surface area contributed by atoms with Crippen LogP contribution in [0.15, 0.2) is 0 Å². The third-order valence-corrected chi connectivity index (χ3v) is 6.03. The zero-order chi connectivity index (χ0) is 10.6. The van der Waals surface area contributed by atoms with Crippen LogP contribution in [0.3, 0.4) is 0 Å². The Morgan fingerprint density at radius 3 is 1.67 bits per heavy atom. The van der Waals surface area contributed by atoms with Gasteiger partial charge in [0.2, 0.25) is 0 Å². The molecule has 4 aliphatic carbocycles. The van der Waals surface area contributed by atoms with Gasteiger partial charge in [-0.15, -0.1) is 0 Å². The van der Waals surface area contributed by atoms with Crippen LogP contribution >= 0.6 is 0 Å². The van der Waals surface area contributed by atoms with Gasteiger partial charge < -0.3 is 4.98 Å². The van der Waals surface area contributed by atoms with Crippen LogP contribution in [0.25, 0.3) is 0 Å². The summed E-state index contributed by atoms with van der Waals surface area (Å²) in [4.78, 5) is 4.04. The minimum Gasteiger partial charge on any atom is -0.334 e. The summed E-state index contributed by atoms with van der Waals surface area (Å²) in [5, 5.41) is 0. The molecule has 0 aliphatic heterocycles. The Morgan fingerprint density at radius 2 is 1.27 bits per heavy atom. The highest BCUT2D eigenvalue weighted by Gasteiger charge is 2.48. The summed E-state index contributed by atoms with van der Waals surface area (Å²) < 4.78 is 0. The molecule has 0 aromatic heterocycles. The van der Waals surface area contributed by atoms with Crippen LogP contribution in [-0.2, 0) is 0 Å². The molecule has 1 N–H and O–H groups in total. The first-order chi connectivity index (χ1) is 7.01. The molecular weight excluding hydrogens is 198 g/mol. The summed E-state index contributed by atoms with van der Waals surface area (Å²) in [7, 11) is -1.07. The quantitative estimate of drug-likeness (QED) is 0.709. The summed E-state index contributed by atoms with van der Waals surface area (Å²) in [5.41, 5.74) is 0. The molecule has 0 unspecified atom stereocenters. The SMILES string of the molecule is C[Si](C)(C)NC1C2CC3CC(C2)CC1C3. The molecule has 0 atom stereocenters. The average Bonchev–Trinajstić information content (AvgIpc) is 2.08. The van der Waals surface area contributed by atoms with Gasteiger partial charge in [0, 0.05) is 6.04 Å². The van der Waals surface area contributed by atoms with Crippen LogP contribution in [-0.4, -0.2) is 14.3 Å². The molecule has 0 spiro atoms. The van der Waals surface area contributed by atoms with Gasteiger partial charge in [0.25, 0.3) is 0 Å². The van der Waals surface area contributed by atoms with Crippen LogP contribution in [0.5, 0.6) is 0 Å². The highest BCUT2D eigenvalue weighted by atomic mass is 28.3. The standard InChI is InChI=1S/C13H25NSi/c1-15(2,3)14-13-11-5-9-4-10(7-11)8-12(13)6-9/h9-14H,4-8H2,1-3H3. The van der Waals surface area contributed by atoms with Gasteiger partial charge in [-0.1, -0.05) is 19.6 Å². The Kier molecular flexibility index (Phi) is 2.30. The fourth-order valence-corrected chi connectivity index (χ4v) is 6.13. The van der Waals surface area contributed by atoms with E-state index >= 15 is 0 Å². The van der Waals surface area contributed by atoms with Gasteiger partial charge in [-0.25, -0.2) is 0 Å². The van der Waals surface area contributed by atoms with Crippen molar-refractivity contribution in [2.75, 3.05) is 0 Å². The van der Waals surface area contributed by atoms with Gasteiger partial charge in [-0.05, 0) is 55.8 Å². The molecule has 0 radical (unpaired) electrons. The fourth-order valence-electron chi connectivity index (χ4n) is 4.66. The summed E-state index contributed by atoms with van der Waals surface area (Å²) in [6.45, 7) is 7.37. The molecule has 4 bridgehead atoms. The fraction of sp³-hybridized carbons (Fsp3) is 1.00. The van der Waals surface area contributed by atoms with Crippen molar-refractivity contribution in [3.8, 4) is 0 Å². The van der Waals surface area contributed by atoms with Crippen LogP contribution in [0.2, 0.25) is 19.6 Å². The Hall–Kier alpha value is 0.177. The van der Waals surface area contributed by atoms with Gasteiger partial charge in [0.15, 0.2) is 0 Å². The molecule has 0 aromatic rings. The van der Waals surface area contributed by atoms with Crippen molar-refractivity contribution in [3.63, 3.8) is 0 Å². The van der Waals surface area contributed by atoms with E-state index in [2.05, 4.69) is 24.6 Å². The van der Waals surface area contributed by atoms with E-state index in [1.807, 2.05) is 0 Å². The van der Waals surface area contributed by atoms with Crippen molar-refractivity contribution in [1.82, 2.24) is 4.98 Å². The third kappa shape index (κ3) is 1.91. The monoisotopic (exact) mass is 223 g/mol. The minimum absolute atomic E-state index is 0.907. The first kappa shape index (κ1) is 10.3. The molecule has 4 saturated carbocycles. The second kappa shape index (κ2) is 3.33. The van der Waals surface area contributed by atoms with Crippen LogP contribution in [0.4, 0.5) is 0 Å². The van der Waals surface area contributed by atoms with Crippen molar-refractivity contribution in [2.24, 2.45) is 23.7 Å². The maximum atomic E-state index is 4.04. The largest absolute Gasteiger partial charge is 0.334 e. The van der Waals surface area contributed by atoms with Crippen molar-refractivity contribution in [2.45, 2.75) is 57.8 Å². The number of hydrogen-bond donors (Lipinski definition) is 1. The number of nitrogens with one attached hydrogen (secondary N) is 1. The highest BCUT2D eigenvalue weighted by molar-refractivity contribution is 6.73. The normalized spacial score (nSPS) is 48.6. The van der Waals surface area contributed by atoms with Crippen molar-refractivity contribution in [3.05, 3.63) is 0 Å². The summed E-state index contributed by atoms with van der Waals surface area (Å²) in [6.07, 6.45) is 7.78. The van der Waals surface area contributed by atoms with Crippen LogP contribution in [0, 0.1) is 23.7 Å². The third-order valence-electron chi connectivity index (χ3n) is 4.83. The molecule has 15 heavy (non-hydrogen) atoms. The molecule has 0 aromatic carbocycles. The van der Waals surface area contributed by atoms with Crippen LogP contribution < -0.4 is 4.98 Å². The van der Waals surface area contributed by atoms with E-state index in [9.17, 15) is 0 Å². The zero-order valence-corrected chi connectivity index (χ0v) is 11.4. The molecule has 0 heterocycles. The lowest BCUT2D eigenvalue weighted by Gasteiger charge is -2.55. The predicted molar refractivity (Wildman–Crippen MR) is 67.3 cm³/mol. The van der Waals surface area contributed by atoms with Crippen molar-refractivity contribution in [1.29, 1.82) is 0 Å². The van der Waals surface area contributed by atoms with Crippen molar-refractivity contribution < 1.29 is 0 Å². The van der Waals surface area contributed by atoms with Gasteiger partial charge in [-0.2, -0.15) is 0 Å². The predicted octanol–water partition coefficient (Wildman–Crippen LogP) is 3.24. The second-order valence-corrected chi connectivity index (χ2v) is 12.1. The van der Waals surface area contributed by atoms with E-state index in [1.54, 1.807) is 32.1 Å². The van der Waals surface area contributed by atoms with Crippen LogP contribution in [0.1, 0.15) is 32.1 Å². The van der Waals surface area contributed by atoms with Gasteiger partial charge >= 0.3 is 0 Å². The number of hydrogen-bond acceptors (Lipinski definition) is 1. The van der Waals surface area contributed by atoms with E-state index < -0.39 is 8.24 Å². The second-order valence-electron chi connectivity index (χ2n) is 7.35. The number of rotatable bonds is 2. The first-order valence-electron chi connectivity index (χ1n) is 6.79. The van der Waals surface area contributed by atoms with E-state index in [0.29, 0.717) is 0 Å². The Labute approximate surface area is 95.1 Å². The molecule has 2 heteroatoms. The van der Waals surface area contributed by atoms with E-state index in [1.165, 1.54) is 0 Å². The first-order valence-corrected chi connectivity index (χ1v) is 10.3. The smallest absolute Gasteiger partial charge is 0.116 e. The van der Waals surface area contributed by atoms with E-state index in [0.717, 1.165) is 29.7 Å². The lowest BCUT2D eigenvalue weighted by Crippen LogP contribution is -2.60. The molecule has 0 saturated heterocycles. The topological polar surface area (TPSA) is 12.0 Å². The Bertz CT molecular complexity index is 228. The molecule has 0 amide bonds. The molecule has 86 valence electrons. The lowest BCUT2D eigenvalue weighted by atomic mass is 9.54. The van der Waals surface area contributed by atoms with Gasteiger partial charge in [0.1, 0.15) is 8.24 Å². The van der Waals surface area contributed by atoms with Gasteiger partial charge in [0.05, 0.1) is 0 Å².